The van der Waals surface area contributed by atoms with E-state index in [1.807, 2.05) is 49.2 Å². The molecular weight excluding hydrogens is 472 g/mol. The lowest BCUT2D eigenvalue weighted by molar-refractivity contribution is 0.471. The van der Waals surface area contributed by atoms with E-state index in [4.69, 9.17) is 23.2 Å². The number of guanidine groups is 1. The molecule has 1 N–H and O–H groups in total. The number of aryl methyl sites for hydroxylation is 2. The number of nitrogens with one attached hydrogen (secondary N) is 1. The minimum Gasteiger partial charge on any atom is -0.356 e. The summed E-state index contributed by atoms with van der Waals surface area (Å²) in [5.41, 5.74) is 2.27. The minimum absolute atomic E-state index is 0. The molecule has 8 heteroatoms. The molecule has 0 aliphatic carbocycles. The highest BCUT2D eigenvalue weighted by molar-refractivity contribution is 14.0. The van der Waals surface area contributed by atoms with E-state index in [0.29, 0.717) is 16.6 Å². The van der Waals surface area contributed by atoms with E-state index < -0.39 is 0 Å². The van der Waals surface area contributed by atoms with Gasteiger partial charge in [-0.15, -0.1) is 24.0 Å². The van der Waals surface area contributed by atoms with Gasteiger partial charge >= 0.3 is 0 Å². The van der Waals surface area contributed by atoms with Gasteiger partial charge in [0.2, 0.25) is 0 Å². The summed E-state index contributed by atoms with van der Waals surface area (Å²) in [5.74, 6) is 0.845. The molecule has 2 aromatic rings. The second-order valence-corrected chi connectivity index (χ2v) is 6.53. The van der Waals surface area contributed by atoms with Gasteiger partial charge in [0.05, 0.1) is 16.2 Å². The van der Waals surface area contributed by atoms with Crippen LogP contribution in [0.2, 0.25) is 10.0 Å². The first-order valence-corrected chi connectivity index (χ1v) is 8.60. The van der Waals surface area contributed by atoms with Crippen molar-refractivity contribution in [1.82, 2.24) is 20.0 Å². The van der Waals surface area contributed by atoms with E-state index in [2.05, 4.69) is 20.3 Å². The average Bonchev–Trinajstić information content (AvgIpc) is 2.96. The van der Waals surface area contributed by atoms with Gasteiger partial charge in [-0.3, -0.25) is 9.67 Å². The maximum atomic E-state index is 6.07. The predicted octanol–water partition coefficient (Wildman–Crippen LogP) is 4.21. The summed E-state index contributed by atoms with van der Waals surface area (Å²) in [6, 6.07) is 5.67. The van der Waals surface area contributed by atoms with Crippen LogP contribution in [0.3, 0.4) is 0 Å². The second-order valence-electron chi connectivity index (χ2n) is 5.71. The third-order valence-corrected chi connectivity index (χ3v) is 4.33. The quantitative estimate of drug-likeness (QED) is 0.282. The number of aromatic nitrogens is 2. The zero-order valence-corrected chi connectivity index (χ0v) is 18.5. The molecule has 25 heavy (non-hydrogen) atoms. The Kier molecular flexibility index (Phi) is 9.60. The fourth-order valence-electron chi connectivity index (χ4n) is 2.40. The lowest BCUT2D eigenvalue weighted by atomic mass is 10.2. The van der Waals surface area contributed by atoms with E-state index in [1.165, 1.54) is 5.56 Å². The summed E-state index contributed by atoms with van der Waals surface area (Å²) in [6.45, 7) is 4.46. The van der Waals surface area contributed by atoms with Crippen molar-refractivity contribution in [3.05, 3.63) is 51.8 Å². The highest BCUT2D eigenvalue weighted by Gasteiger charge is 2.07. The maximum absolute atomic E-state index is 6.07. The normalized spacial score (nSPS) is 11.2. The Bertz CT molecular complexity index is 702. The summed E-state index contributed by atoms with van der Waals surface area (Å²) in [5, 5.41) is 8.79. The average molecular weight is 496 g/mol. The van der Waals surface area contributed by atoms with Gasteiger partial charge in [0, 0.05) is 39.9 Å². The van der Waals surface area contributed by atoms with Gasteiger partial charge in [-0.2, -0.15) is 5.10 Å². The summed E-state index contributed by atoms with van der Waals surface area (Å²) < 4.78 is 1.96. The molecule has 5 nitrogen and oxygen atoms in total. The van der Waals surface area contributed by atoms with Crippen molar-refractivity contribution in [2.24, 2.45) is 4.99 Å². The Labute approximate surface area is 176 Å². The largest absolute Gasteiger partial charge is 0.356 e. The number of nitrogens with zero attached hydrogens (tertiary/aromatic N) is 4. The van der Waals surface area contributed by atoms with E-state index in [1.54, 1.807) is 7.05 Å². The van der Waals surface area contributed by atoms with Crippen molar-refractivity contribution in [3.8, 4) is 0 Å². The zero-order valence-electron chi connectivity index (χ0n) is 14.7. The van der Waals surface area contributed by atoms with Crippen LogP contribution in [0.25, 0.3) is 0 Å². The second kappa shape index (κ2) is 10.9. The third kappa shape index (κ3) is 7.03. The van der Waals surface area contributed by atoms with Crippen LogP contribution in [-0.2, 0) is 13.1 Å². The fourth-order valence-corrected chi connectivity index (χ4v) is 2.72. The van der Waals surface area contributed by atoms with Gasteiger partial charge in [-0.05, 0) is 36.6 Å². The number of hydrogen-bond donors (Lipinski definition) is 1. The molecule has 0 radical (unpaired) electrons. The molecule has 1 heterocycles. The lowest BCUT2D eigenvalue weighted by Gasteiger charge is -2.22. The van der Waals surface area contributed by atoms with Crippen LogP contribution in [0.1, 0.15) is 17.5 Å². The van der Waals surface area contributed by atoms with Crippen LogP contribution >= 0.6 is 47.2 Å². The molecule has 138 valence electrons. The van der Waals surface area contributed by atoms with Crippen LogP contribution in [0.15, 0.2) is 35.6 Å². The Morgan fingerprint density at radius 1 is 1.32 bits per heavy atom. The van der Waals surface area contributed by atoms with Crippen LogP contribution in [0.4, 0.5) is 0 Å². The molecule has 0 amide bonds. The standard InChI is InChI=1S/C17H23Cl2N5.HI/c1-13-10-22-24(11-13)8-4-7-21-17(20-2)23(3)12-14-5-6-15(18)16(19)9-14;/h5-6,9-11H,4,7-8,12H2,1-3H3,(H,20,21);1H. The van der Waals surface area contributed by atoms with Gasteiger partial charge in [0.1, 0.15) is 0 Å². The first kappa shape index (κ1) is 22.1. The molecule has 2 rings (SSSR count). The molecule has 0 saturated heterocycles. The smallest absolute Gasteiger partial charge is 0.193 e. The summed E-state index contributed by atoms with van der Waals surface area (Å²) in [7, 11) is 3.78. The minimum atomic E-state index is 0. The third-order valence-electron chi connectivity index (χ3n) is 3.59. The molecule has 0 aliphatic rings. The zero-order chi connectivity index (χ0) is 17.5. The van der Waals surface area contributed by atoms with Crippen LogP contribution in [-0.4, -0.2) is 41.3 Å². The fraction of sp³-hybridized carbons (Fsp3) is 0.412. The highest BCUT2D eigenvalue weighted by Crippen LogP contribution is 2.23. The van der Waals surface area contributed by atoms with E-state index in [-0.39, 0.29) is 24.0 Å². The SMILES string of the molecule is CN=C(NCCCn1cc(C)cn1)N(C)Cc1ccc(Cl)c(Cl)c1.I. The van der Waals surface area contributed by atoms with Crippen LogP contribution < -0.4 is 5.32 Å². The van der Waals surface area contributed by atoms with Crippen molar-refractivity contribution in [2.45, 2.75) is 26.4 Å². The number of aliphatic imine (C=N–C) groups is 1. The number of halogens is 3. The van der Waals surface area contributed by atoms with E-state index >= 15 is 0 Å². The summed E-state index contributed by atoms with van der Waals surface area (Å²) in [4.78, 5) is 6.38. The molecule has 0 saturated carbocycles. The topological polar surface area (TPSA) is 45.5 Å². The van der Waals surface area contributed by atoms with Crippen LogP contribution in [0, 0.1) is 6.92 Å². The molecular formula is C17H24Cl2IN5. The molecule has 0 atom stereocenters. The molecule has 0 fully saturated rings. The van der Waals surface area contributed by atoms with E-state index in [0.717, 1.165) is 31.0 Å². The van der Waals surface area contributed by atoms with Crippen molar-refractivity contribution in [3.63, 3.8) is 0 Å². The Morgan fingerprint density at radius 2 is 2.08 bits per heavy atom. The van der Waals surface area contributed by atoms with Crippen LogP contribution in [0.5, 0.6) is 0 Å². The van der Waals surface area contributed by atoms with Crippen molar-refractivity contribution < 1.29 is 0 Å². The molecule has 0 unspecified atom stereocenters. The Morgan fingerprint density at radius 3 is 2.68 bits per heavy atom. The van der Waals surface area contributed by atoms with Gasteiger partial charge < -0.3 is 10.2 Å². The maximum Gasteiger partial charge on any atom is 0.193 e. The summed E-state index contributed by atoms with van der Waals surface area (Å²) in [6.07, 6.45) is 4.89. The molecule has 0 spiro atoms. The molecule has 0 aliphatic heterocycles. The number of benzene rings is 1. The monoisotopic (exact) mass is 495 g/mol. The molecule has 1 aromatic carbocycles. The van der Waals surface area contributed by atoms with Gasteiger partial charge in [-0.1, -0.05) is 29.3 Å². The first-order valence-electron chi connectivity index (χ1n) is 7.84. The first-order chi connectivity index (χ1) is 11.5. The van der Waals surface area contributed by atoms with Gasteiger partial charge in [0.25, 0.3) is 0 Å². The molecule has 0 bridgehead atoms. The Balaban J connectivity index is 0.00000312. The van der Waals surface area contributed by atoms with Crippen molar-refractivity contribution in [1.29, 1.82) is 0 Å². The number of hydrogen-bond acceptors (Lipinski definition) is 2. The predicted molar refractivity (Wildman–Crippen MR) is 116 cm³/mol. The Hall–Kier alpha value is -0.990. The highest BCUT2D eigenvalue weighted by atomic mass is 127. The van der Waals surface area contributed by atoms with Crippen molar-refractivity contribution >= 4 is 53.1 Å². The van der Waals surface area contributed by atoms with E-state index in [9.17, 15) is 0 Å². The molecule has 1 aromatic heterocycles. The van der Waals surface area contributed by atoms with Gasteiger partial charge in [0.15, 0.2) is 5.96 Å². The van der Waals surface area contributed by atoms with Gasteiger partial charge in [-0.25, -0.2) is 0 Å². The van der Waals surface area contributed by atoms with Crippen molar-refractivity contribution in [2.75, 3.05) is 20.6 Å². The number of rotatable bonds is 6. The lowest BCUT2D eigenvalue weighted by Crippen LogP contribution is -2.39. The summed E-state index contributed by atoms with van der Waals surface area (Å²) >= 11 is 12.0.